The second-order valence-electron chi connectivity index (χ2n) is 6.38. The van der Waals surface area contributed by atoms with Gasteiger partial charge in [-0.2, -0.15) is 0 Å². The standard InChI is InChI=1S/C22H19ClN2O2S/c1-2-14-3-9-17(10-4-14)24-22-25-21(26)20(28-22)13-18-11-12-19(27-18)15-5-7-16(23)8-6-15/h3-13,22,24H,2H2,1H3,(H,25,26)/b20-13-/t22-/m0/s1. The summed E-state index contributed by atoms with van der Waals surface area (Å²) >= 11 is 7.36. The van der Waals surface area contributed by atoms with Crippen molar-refractivity contribution < 1.29 is 9.21 Å². The summed E-state index contributed by atoms with van der Waals surface area (Å²) < 4.78 is 5.87. The zero-order valence-electron chi connectivity index (χ0n) is 15.2. The van der Waals surface area contributed by atoms with E-state index in [1.54, 1.807) is 6.08 Å². The van der Waals surface area contributed by atoms with Crippen LogP contribution >= 0.6 is 23.4 Å². The Balaban J connectivity index is 1.45. The van der Waals surface area contributed by atoms with Gasteiger partial charge < -0.3 is 15.1 Å². The van der Waals surface area contributed by atoms with Gasteiger partial charge >= 0.3 is 0 Å². The van der Waals surface area contributed by atoms with E-state index in [0.717, 1.165) is 23.4 Å². The molecule has 1 aromatic heterocycles. The highest BCUT2D eigenvalue weighted by Gasteiger charge is 2.27. The molecule has 0 radical (unpaired) electrons. The van der Waals surface area contributed by atoms with E-state index in [-0.39, 0.29) is 11.4 Å². The number of carbonyl (C=O) groups excluding carboxylic acids is 1. The molecule has 2 aromatic carbocycles. The van der Waals surface area contributed by atoms with Gasteiger partial charge in [0.05, 0.1) is 4.91 Å². The van der Waals surface area contributed by atoms with Crippen LogP contribution in [0.3, 0.4) is 0 Å². The Bertz CT molecular complexity index is 1010. The van der Waals surface area contributed by atoms with E-state index >= 15 is 0 Å². The van der Waals surface area contributed by atoms with Gasteiger partial charge in [0, 0.05) is 22.3 Å². The van der Waals surface area contributed by atoms with Crippen molar-refractivity contribution in [2.75, 3.05) is 5.32 Å². The molecule has 1 fully saturated rings. The first kappa shape index (κ1) is 18.7. The fourth-order valence-corrected chi connectivity index (χ4v) is 3.97. The second kappa shape index (κ2) is 8.17. The molecule has 6 heteroatoms. The Hall–Kier alpha value is -2.63. The first-order chi connectivity index (χ1) is 13.6. The number of benzene rings is 2. The number of thioether (sulfide) groups is 1. The molecular formula is C22H19ClN2O2S. The van der Waals surface area contributed by atoms with Crippen molar-refractivity contribution in [2.45, 2.75) is 18.8 Å². The lowest BCUT2D eigenvalue weighted by Gasteiger charge is -2.12. The van der Waals surface area contributed by atoms with Crippen molar-refractivity contribution in [3.05, 3.63) is 81.9 Å². The van der Waals surface area contributed by atoms with Gasteiger partial charge in [0.1, 0.15) is 11.5 Å². The van der Waals surface area contributed by atoms with Crippen molar-refractivity contribution >= 4 is 41.0 Å². The first-order valence-electron chi connectivity index (χ1n) is 9.01. The van der Waals surface area contributed by atoms with E-state index in [1.165, 1.54) is 17.3 Å². The van der Waals surface area contributed by atoms with Crippen LogP contribution in [-0.4, -0.2) is 11.4 Å². The summed E-state index contributed by atoms with van der Waals surface area (Å²) in [4.78, 5) is 12.9. The van der Waals surface area contributed by atoms with Crippen molar-refractivity contribution in [1.29, 1.82) is 0 Å². The minimum atomic E-state index is -0.211. The molecule has 1 amide bonds. The summed E-state index contributed by atoms with van der Waals surface area (Å²) in [7, 11) is 0. The van der Waals surface area contributed by atoms with Gasteiger partial charge in [0.2, 0.25) is 0 Å². The highest BCUT2D eigenvalue weighted by atomic mass is 35.5. The third-order valence-corrected chi connectivity index (χ3v) is 5.70. The lowest BCUT2D eigenvalue weighted by molar-refractivity contribution is -0.116. The third-order valence-electron chi connectivity index (χ3n) is 4.42. The Labute approximate surface area is 173 Å². The van der Waals surface area contributed by atoms with Crippen molar-refractivity contribution in [3.63, 3.8) is 0 Å². The van der Waals surface area contributed by atoms with Crippen LogP contribution in [-0.2, 0) is 11.2 Å². The zero-order chi connectivity index (χ0) is 19.5. The molecule has 0 unspecified atom stereocenters. The summed E-state index contributed by atoms with van der Waals surface area (Å²) in [5, 5.41) is 6.94. The second-order valence-corrected chi connectivity index (χ2v) is 7.97. The molecule has 1 saturated heterocycles. The minimum absolute atomic E-state index is 0.114. The number of aryl methyl sites for hydroxylation is 1. The molecule has 0 spiro atoms. The lowest BCUT2D eigenvalue weighted by atomic mass is 10.1. The van der Waals surface area contributed by atoms with Gasteiger partial charge in [-0.1, -0.05) is 42.4 Å². The highest BCUT2D eigenvalue weighted by Crippen LogP contribution is 2.32. The minimum Gasteiger partial charge on any atom is -0.457 e. The van der Waals surface area contributed by atoms with Crippen LogP contribution in [0.25, 0.3) is 17.4 Å². The summed E-state index contributed by atoms with van der Waals surface area (Å²) in [6.07, 6.45) is 2.77. The maximum Gasteiger partial charge on any atom is 0.260 e. The van der Waals surface area contributed by atoms with Crippen molar-refractivity contribution in [1.82, 2.24) is 5.32 Å². The smallest absolute Gasteiger partial charge is 0.260 e. The molecule has 28 heavy (non-hydrogen) atoms. The molecule has 2 heterocycles. The topological polar surface area (TPSA) is 54.3 Å². The number of hydrogen-bond donors (Lipinski definition) is 2. The van der Waals surface area contributed by atoms with Crippen molar-refractivity contribution in [2.24, 2.45) is 0 Å². The van der Waals surface area contributed by atoms with Crippen LogP contribution in [0, 0.1) is 0 Å². The van der Waals surface area contributed by atoms with Gasteiger partial charge in [0.25, 0.3) is 5.91 Å². The van der Waals surface area contributed by atoms with Crippen LogP contribution in [0.2, 0.25) is 5.02 Å². The molecular weight excluding hydrogens is 392 g/mol. The van der Waals surface area contributed by atoms with Crippen molar-refractivity contribution in [3.8, 4) is 11.3 Å². The van der Waals surface area contributed by atoms with Gasteiger partial charge in [0.15, 0.2) is 5.50 Å². The summed E-state index contributed by atoms with van der Waals surface area (Å²) in [5.41, 5.74) is 2.98. The van der Waals surface area contributed by atoms with E-state index in [9.17, 15) is 4.79 Å². The first-order valence-corrected chi connectivity index (χ1v) is 10.3. The van der Waals surface area contributed by atoms with E-state index in [4.69, 9.17) is 16.0 Å². The molecule has 2 N–H and O–H groups in total. The van der Waals surface area contributed by atoms with Crippen LogP contribution in [0.1, 0.15) is 18.2 Å². The van der Waals surface area contributed by atoms with Crippen LogP contribution < -0.4 is 10.6 Å². The number of carbonyl (C=O) groups is 1. The van der Waals surface area contributed by atoms with E-state index in [0.29, 0.717) is 15.7 Å². The maximum atomic E-state index is 12.3. The Kier molecular flexibility index (Phi) is 5.46. The SMILES string of the molecule is CCc1ccc(N[C@H]2NC(=O)/C(=C/c3ccc(-c4ccc(Cl)cc4)o3)S2)cc1. The predicted molar refractivity (Wildman–Crippen MR) is 116 cm³/mol. The van der Waals surface area contributed by atoms with Crippen LogP contribution in [0.15, 0.2) is 70.0 Å². The number of halogens is 1. The molecule has 0 aliphatic carbocycles. The maximum absolute atomic E-state index is 12.3. The zero-order valence-corrected chi connectivity index (χ0v) is 16.8. The van der Waals surface area contributed by atoms with E-state index < -0.39 is 0 Å². The number of hydrogen-bond acceptors (Lipinski definition) is 4. The average Bonchev–Trinajstić information content (AvgIpc) is 3.30. The Morgan fingerprint density at radius 2 is 1.86 bits per heavy atom. The number of furan rings is 1. The molecule has 0 saturated carbocycles. The number of anilines is 1. The molecule has 0 bridgehead atoms. The molecule has 4 nitrogen and oxygen atoms in total. The molecule has 1 aliphatic heterocycles. The van der Waals surface area contributed by atoms with Gasteiger partial charge in [-0.25, -0.2) is 0 Å². The molecule has 1 aliphatic rings. The van der Waals surface area contributed by atoms with Gasteiger partial charge in [-0.15, -0.1) is 0 Å². The normalized spacial score (nSPS) is 17.7. The van der Waals surface area contributed by atoms with E-state index in [2.05, 4.69) is 29.7 Å². The largest absolute Gasteiger partial charge is 0.457 e. The predicted octanol–water partition coefficient (Wildman–Crippen LogP) is 5.76. The third kappa shape index (κ3) is 4.26. The number of amides is 1. The monoisotopic (exact) mass is 410 g/mol. The Morgan fingerprint density at radius 3 is 2.57 bits per heavy atom. The fraction of sp³-hybridized carbons (Fsp3) is 0.136. The highest BCUT2D eigenvalue weighted by molar-refractivity contribution is 8.05. The lowest BCUT2D eigenvalue weighted by Crippen LogP contribution is -2.30. The van der Waals surface area contributed by atoms with Crippen LogP contribution in [0.5, 0.6) is 0 Å². The fourth-order valence-electron chi connectivity index (χ4n) is 2.88. The summed E-state index contributed by atoms with van der Waals surface area (Å²) in [6.45, 7) is 2.12. The Morgan fingerprint density at radius 1 is 1.11 bits per heavy atom. The average molecular weight is 411 g/mol. The van der Waals surface area contributed by atoms with E-state index in [1.807, 2.05) is 48.5 Å². The van der Waals surface area contributed by atoms with Gasteiger partial charge in [-0.3, -0.25) is 4.79 Å². The summed E-state index contributed by atoms with van der Waals surface area (Å²) in [6, 6.07) is 19.4. The molecule has 3 aromatic rings. The molecule has 142 valence electrons. The number of nitrogens with one attached hydrogen (secondary N) is 2. The summed E-state index contributed by atoms with van der Waals surface area (Å²) in [5.74, 6) is 1.25. The quantitative estimate of drug-likeness (QED) is 0.525. The number of rotatable bonds is 5. The molecule has 4 rings (SSSR count). The van der Waals surface area contributed by atoms with Crippen LogP contribution in [0.4, 0.5) is 5.69 Å². The van der Waals surface area contributed by atoms with Gasteiger partial charge in [-0.05, 0) is 60.5 Å². The molecule has 1 atom stereocenters.